The van der Waals surface area contributed by atoms with Gasteiger partial charge in [0.15, 0.2) is 0 Å². The smallest absolute Gasteiger partial charge is 0.405 e. The van der Waals surface area contributed by atoms with E-state index in [4.69, 9.17) is 0 Å². The third kappa shape index (κ3) is 4.28. The van der Waals surface area contributed by atoms with E-state index in [9.17, 15) is 23.1 Å². The maximum Gasteiger partial charge on any atom is 0.405 e. The number of carbonyl (C=O) groups is 1. The first-order valence-corrected chi connectivity index (χ1v) is 7.39. The number of halogens is 3. The van der Waals surface area contributed by atoms with Crippen molar-refractivity contribution in [2.45, 2.75) is 25.1 Å². The van der Waals surface area contributed by atoms with Crippen molar-refractivity contribution in [1.29, 1.82) is 0 Å². The van der Waals surface area contributed by atoms with E-state index in [0.717, 1.165) is 4.90 Å². The zero-order valence-corrected chi connectivity index (χ0v) is 13.1. The third-order valence-electron chi connectivity index (χ3n) is 3.85. The van der Waals surface area contributed by atoms with Gasteiger partial charge in [-0.05, 0) is 24.6 Å². The molecule has 0 bridgehead atoms. The number of rotatable bonds is 6. The second-order valence-corrected chi connectivity index (χ2v) is 5.78. The first-order valence-electron chi connectivity index (χ1n) is 7.39. The van der Waals surface area contributed by atoms with Gasteiger partial charge in [0.05, 0.1) is 0 Å². The average molecular weight is 337 g/mol. The van der Waals surface area contributed by atoms with Crippen molar-refractivity contribution in [3.05, 3.63) is 66.2 Å². The molecule has 1 N–H and O–H groups in total. The van der Waals surface area contributed by atoms with Gasteiger partial charge < -0.3 is 10.0 Å². The van der Waals surface area contributed by atoms with Crippen molar-refractivity contribution in [3.8, 4) is 0 Å². The normalized spacial score (nSPS) is 14.0. The number of benzene rings is 2. The van der Waals surface area contributed by atoms with Crippen LogP contribution in [0.1, 0.15) is 12.5 Å². The number of carboxylic acids is 1. The molecular formula is C18H18F3NO2. The minimum Gasteiger partial charge on any atom is -0.479 e. The number of para-hydroxylation sites is 1. The van der Waals surface area contributed by atoms with E-state index in [1.54, 1.807) is 48.5 Å². The number of hydrogen-bond acceptors (Lipinski definition) is 2. The SMILES string of the molecule is C[C@](Cc1ccccc1)(C(=O)O)N(CC(F)(F)F)c1ccccc1. The summed E-state index contributed by atoms with van der Waals surface area (Å²) >= 11 is 0. The highest BCUT2D eigenvalue weighted by molar-refractivity contribution is 5.83. The number of anilines is 1. The number of aliphatic carboxylic acids is 1. The molecule has 3 nitrogen and oxygen atoms in total. The molecule has 0 amide bonds. The van der Waals surface area contributed by atoms with Gasteiger partial charge in [-0.25, -0.2) is 4.79 Å². The maximum absolute atomic E-state index is 13.1. The van der Waals surface area contributed by atoms with Crippen LogP contribution in [0.3, 0.4) is 0 Å². The van der Waals surface area contributed by atoms with Crippen molar-refractivity contribution in [2.75, 3.05) is 11.4 Å². The lowest BCUT2D eigenvalue weighted by molar-refractivity contribution is -0.145. The Kier molecular flexibility index (Phi) is 5.17. The maximum atomic E-state index is 13.1. The highest BCUT2D eigenvalue weighted by Crippen LogP contribution is 2.31. The number of carboxylic acid groups (broad SMARTS) is 1. The van der Waals surface area contributed by atoms with Crippen LogP contribution in [-0.2, 0) is 11.2 Å². The summed E-state index contributed by atoms with van der Waals surface area (Å²) in [7, 11) is 0. The molecule has 6 heteroatoms. The van der Waals surface area contributed by atoms with E-state index in [-0.39, 0.29) is 12.1 Å². The number of hydrogen-bond donors (Lipinski definition) is 1. The Bertz CT molecular complexity index is 674. The van der Waals surface area contributed by atoms with Crippen LogP contribution in [0.15, 0.2) is 60.7 Å². The molecule has 24 heavy (non-hydrogen) atoms. The summed E-state index contributed by atoms with van der Waals surface area (Å²) in [5.74, 6) is -1.31. The molecule has 2 aromatic rings. The summed E-state index contributed by atoms with van der Waals surface area (Å²) in [6.07, 6.45) is -4.57. The average Bonchev–Trinajstić information content (AvgIpc) is 2.53. The molecule has 2 aromatic carbocycles. The van der Waals surface area contributed by atoms with E-state index in [0.29, 0.717) is 5.56 Å². The van der Waals surface area contributed by atoms with Crippen LogP contribution in [0.25, 0.3) is 0 Å². The van der Waals surface area contributed by atoms with E-state index in [1.807, 2.05) is 0 Å². The topological polar surface area (TPSA) is 40.5 Å². The molecule has 2 rings (SSSR count). The van der Waals surface area contributed by atoms with Gasteiger partial charge in [0.2, 0.25) is 0 Å². The summed E-state index contributed by atoms with van der Waals surface area (Å²) in [6.45, 7) is -0.0201. The van der Waals surface area contributed by atoms with Gasteiger partial charge in [-0.15, -0.1) is 0 Å². The summed E-state index contributed by atoms with van der Waals surface area (Å²) in [5.41, 5.74) is -0.862. The summed E-state index contributed by atoms with van der Waals surface area (Å²) in [4.78, 5) is 12.8. The summed E-state index contributed by atoms with van der Waals surface area (Å²) in [5, 5.41) is 9.71. The van der Waals surface area contributed by atoms with Gasteiger partial charge in [-0.3, -0.25) is 0 Å². The van der Waals surface area contributed by atoms with E-state index >= 15 is 0 Å². The predicted molar refractivity (Wildman–Crippen MR) is 86.0 cm³/mol. The van der Waals surface area contributed by atoms with Crippen LogP contribution in [-0.4, -0.2) is 29.3 Å². The fraction of sp³-hybridized carbons (Fsp3) is 0.278. The van der Waals surface area contributed by atoms with Crippen molar-refractivity contribution in [1.82, 2.24) is 0 Å². The Labute approximate surface area is 138 Å². The van der Waals surface area contributed by atoms with Gasteiger partial charge in [-0.1, -0.05) is 48.5 Å². The molecular weight excluding hydrogens is 319 g/mol. The third-order valence-corrected chi connectivity index (χ3v) is 3.85. The standard InChI is InChI=1S/C18H18F3NO2/c1-17(16(23)24,12-14-8-4-2-5-9-14)22(13-18(19,20)21)15-10-6-3-7-11-15/h2-11H,12-13H2,1H3,(H,23,24)/t17-/m0/s1. The fourth-order valence-electron chi connectivity index (χ4n) is 2.62. The fourth-order valence-corrected chi connectivity index (χ4v) is 2.62. The van der Waals surface area contributed by atoms with E-state index in [2.05, 4.69) is 0 Å². The van der Waals surface area contributed by atoms with Gasteiger partial charge in [-0.2, -0.15) is 13.2 Å². The molecule has 0 aliphatic heterocycles. The first kappa shape index (κ1) is 17.8. The van der Waals surface area contributed by atoms with Crippen LogP contribution in [0.4, 0.5) is 18.9 Å². The Morgan fingerprint density at radius 1 is 1.00 bits per heavy atom. The molecule has 0 radical (unpaired) electrons. The second-order valence-electron chi connectivity index (χ2n) is 5.78. The summed E-state index contributed by atoms with van der Waals surface area (Å²) in [6, 6.07) is 16.5. The Morgan fingerprint density at radius 2 is 1.50 bits per heavy atom. The Hall–Kier alpha value is -2.50. The van der Waals surface area contributed by atoms with Crippen molar-refractivity contribution in [3.63, 3.8) is 0 Å². The minimum absolute atomic E-state index is 0.0475. The molecule has 0 heterocycles. The highest BCUT2D eigenvalue weighted by atomic mass is 19.4. The predicted octanol–water partition coefficient (Wildman–Crippen LogP) is 4.14. The minimum atomic E-state index is -4.52. The zero-order chi connectivity index (χ0) is 17.8. The lowest BCUT2D eigenvalue weighted by Crippen LogP contribution is -2.57. The lowest BCUT2D eigenvalue weighted by atomic mass is 9.90. The highest BCUT2D eigenvalue weighted by Gasteiger charge is 2.45. The molecule has 0 saturated heterocycles. The van der Waals surface area contributed by atoms with Gasteiger partial charge in [0, 0.05) is 12.1 Å². The molecule has 0 aliphatic rings. The Balaban J connectivity index is 2.47. The van der Waals surface area contributed by atoms with Crippen LogP contribution in [0, 0.1) is 0 Å². The van der Waals surface area contributed by atoms with Gasteiger partial charge in [0.25, 0.3) is 0 Å². The molecule has 0 aromatic heterocycles. The van der Waals surface area contributed by atoms with Crippen LogP contribution < -0.4 is 4.90 Å². The molecule has 0 spiro atoms. The van der Waals surface area contributed by atoms with Gasteiger partial charge >= 0.3 is 12.1 Å². The number of nitrogens with zero attached hydrogens (tertiary/aromatic N) is 1. The largest absolute Gasteiger partial charge is 0.479 e. The molecule has 0 fully saturated rings. The van der Waals surface area contributed by atoms with E-state index in [1.165, 1.54) is 19.1 Å². The van der Waals surface area contributed by atoms with E-state index < -0.39 is 24.2 Å². The molecule has 128 valence electrons. The second kappa shape index (κ2) is 6.95. The molecule has 0 unspecified atom stereocenters. The van der Waals surface area contributed by atoms with Crippen molar-refractivity contribution < 1.29 is 23.1 Å². The molecule has 0 saturated carbocycles. The van der Waals surface area contributed by atoms with Crippen LogP contribution >= 0.6 is 0 Å². The monoisotopic (exact) mass is 337 g/mol. The molecule has 1 atom stereocenters. The lowest BCUT2D eigenvalue weighted by Gasteiger charge is -2.40. The van der Waals surface area contributed by atoms with Crippen LogP contribution in [0.5, 0.6) is 0 Å². The quantitative estimate of drug-likeness (QED) is 0.861. The van der Waals surface area contributed by atoms with Crippen molar-refractivity contribution in [2.24, 2.45) is 0 Å². The zero-order valence-electron chi connectivity index (χ0n) is 13.1. The van der Waals surface area contributed by atoms with Crippen LogP contribution in [0.2, 0.25) is 0 Å². The first-order chi connectivity index (χ1) is 11.2. The van der Waals surface area contributed by atoms with Gasteiger partial charge in [0.1, 0.15) is 12.1 Å². The molecule has 0 aliphatic carbocycles. The van der Waals surface area contributed by atoms with Crippen molar-refractivity contribution >= 4 is 11.7 Å². The Morgan fingerprint density at radius 3 is 1.96 bits per heavy atom. The summed E-state index contributed by atoms with van der Waals surface area (Å²) < 4.78 is 39.3. The number of alkyl halides is 3.